The second-order valence-electron chi connectivity index (χ2n) is 5.29. The number of ether oxygens (including phenoxy) is 2. The molecule has 134 valence electrons. The van der Waals surface area contributed by atoms with Crippen LogP contribution >= 0.6 is 11.8 Å². The van der Waals surface area contributed by atoms with E-state index in [0.717, 1.165) is 22.9 Å². The molecule has 6 heteroatoms. The van der Waals surface area contributed by atoms with Crippen LogP contribution in [-0.4, -0.2) is 35.8 Å². The Labute approximate surface area is 152 Å². The second-order valence-corrected chi connectivity index (χ2v) is 6.29. The predicted octanol–water partition coefficient (Wildman–Crippen LogP) is 4.27. The van der Waals surface area contributed by atoms with E-state index >= 15 is 0 Å². The summed E-state index contributed by atoms with van der Waals surface area (Å²) >= 11 is 0.960. The molecule has 0 N–H and O–H groups in total. The van der Waals surface area contributed by atoms with Gasteiger partial charge in [-0.2, -0.15) is 0 Å². The topological polar surface area (TPSA) is 55.8 Å². The van der Waals surface area contributed by atoms with Crippen LogP contribution in [0.15, 0.2) is 29.7 Å². The monoisotopic (exact) mass is 361 g/mol. The first-order chi connectivity index (χ1) is 12.0. The first-order valence-corrected chi connectivity index (χ1v) is 9.16. The number of rotatable bonds is 8. The SMILES string of the molecule is C=CCc1cc(/C=C2/SC(=O)N(CC)C2=O)cc(OCC)c1OCC. The molecular weight excluding hydrogens is 338 g/mol. The van der Waals surface area contributed by atoms with Gasteiger partial charge in [0, 0.05) is 12.1 Å². The molecule has 1 saturated heterocycles. The van der Waals surface area contributed by atoms with Crippen molar-refractivity contribution in [2.45, 2.75) is 27.2 Å². The highest BCUT2D eigenvalue weighted by molar-refractivity contribution is 8.18. The highest BCUT2D eigenvalue weighted by Gasteiger charge is 2.33. The summed E-state index contributed by atoms with van der Waals surface area (Å²) in [5.41, 5.74) is 1.73. The number of amides is 2. The molecule has 2 amide bonds. The van der Waals surface area contributed by atoms with E-state index in [2.05, 4.69) is 6.58 Å². The maximum atomic E-state index is 12.3. The van der Waals surface area contributed by atoms with Gasteiger partial charge in [-0.1, -0.05) is 6.08 Å². The van der Waals surface area contributed by atoms with Gasteiger partial charge in [-0.15, -0.1) is 6.58 Å². The third-order valence-electron chi connectivity index (χ3n) is 3.59. The Kier molecular flexibility index (Phi) is 6.70. The standard InChI is InChI=1S/C19H23NO4S/c1-5-9-14-10-13(11-15(23-7-3)17(14)24-8-4)12-16-18(21)20(6-2)19(22)25-16/h5,10-12H,1,6-9H2,2-4H3/b16-12+. The Balaban J connectivity index is 2.47. The van der Waals surface area contributed by atoms with Crippen LogP contribution in [0.1, 0.15) is 31.9 Å². The average molecular weight is 361 g/mol. The summed E-state index contributed by atoms with van der Waals surface area (Å²) in [4.78, 5) is 25.8. The van der Waals surface area contributed by atoms with E-state index in [4.69, 9.17) is 9.47 Å². The van der Waals surface area contributed by atoms with Gasteiger partial charge in [0.25, 0.3) is 11.1 Å². The van der Waals surface area contributed by atoms with Gasteiger partial charge in [0.15, 0.2) is 11.5 Å². The average Bonchev–Trinajstić information content (AvgIpc) is 2.84. The van der Waals surface area contributed by atoms with E-state index in [1.165, 1.54) is 4.90 Å². The van der Waals surface area contributed by atoms with E-state index in [0.29, 0.717) is 42.6 Å². The van der Waals surface area contributed by atoms with Crippen molar-refractivity contribution in [2.24, 2.45) is 0 Å². The molecule has 1 heterocycles. The zero-order chi connectivity index (χ0) is 18.4. The van der Waals surface area contributed by atoms with Gasteiger partial charge in [-0.25, -0.2) is 0 Å². The number of carbonyl (C=O) groups excluding carboxylic acids is 2. The lowest BCUT2D eigenvalue weighted by Crippen LogP contribution is -2.27. The molecule has 0 radical (unpaired) electrons. The molecule has 0 aromatic heterocycles. The Morgan fingerprint density at radius 3 is 2.44 bits per heavy atom. The van der Waals surface area contributed by atoms with Crippen LogP contribution < -0.4 is 9.47 Å². The zero-order valence-electron chi connectivity index (χ0n) is 14.8. The smallest absolute Gasteiger partial charge is 0.293 e. The largest absolute Gasteiger partial charge is 0.490 e. The number of benzene rings is 1. The summed E-state index contributed by atoms with van der Waals surface area (Å²) < 4.78 is 11.5. The van der Waals surface area contributed by atoms with Gasteiger partial charge in [0.05, 0.1) is 18.1 Å². The molecule has 0 spiro atoms. The molecule has 2 rings (SSSR count). The third-order valence-corrected chi connectivity index (χ3v) is 4.50. The molecule has 1 aliphatic heterocycles. The first kappa shape index (κ1) is 19.1. The van der Waals surface area contributed by atoms with Crippen molar-refractivity contribution < 1.29 is 19.1 Å². The number of nitrogens with zero attached hydrogens (tertiary/aromatic N) is 1. The summed E-state index contributed by atoms with van der Waals surface area (Å²) in [6.45, 7) is 10.8. The van der Waals surface area contributed by atoms with Gasteiger partial charge in [0.1, 0.15) is 0 Å². The molecule has 1 aliphatic rings. The highest BCUT2D eigenvalue weighted by atomic mass is 32.2. The Hall–Kier alpha value is -2.21. The maximum Gasteiger partial charge on any atom is 0.293 e. The Morgan fingerprint density at radius 1 is 1.16 bits per heavy atom. The lowest BCUT2D eigenvalue weighted by Gasteiger charge is -2.16. The van der Waals surface area contributed by atoms with Crippen LogP contribution in [0.2, 0.25) is 0 Å². The van der Waals surface area contributed by atoms with Crippen LogP contribution in [0.4, 0.5) is 4.79 Å². The van der Waals surface area contributed by atoms with Crippen molar-refractivity contribution in [2.75, 3.05) is 19.8 Å². The Morgan fingerprint density at radius 2 is 1.88 bits per heavy atom. The van der Waals surface area contributed by atoms with Gasteiger partial charge in [0.2, 0.25) is 0 Å². The van der Waals surface area contributed by atoms with Crippen LogP contribution in [-0.2, 0) is 11.2 Å². The quantitative estimate of drug-likeness (QED) is 0.511. The fraction of sp³-hybridized carbons (Fsp3) is 0.368. The number of imide groups is 1. The molecule has 0 saturated carbocycles. The van der Waals surface area contributed by atoms with E-state index < -0.39 is 0 Å². The van der Waals surface area contributed by atoms with Crippen molar-refractivity contribution in [3.8, 4) is 11.5 Å². The zero-order valence-corrected chi connectivity index (χ0v) is 15.6. The minimum Gasteiger partial charge on any atom is -0.490 e. The molecule has 5 nitrogen and oxygen atoms in total. The van der Waals surface area contributed by atoms with E-state index in [-0.39, 0.29) is 11.1 Å². The summed E-state index contributed by atoms with van der Waals surface area (Å²) in [5, 5.41) is -0.235. The lowest BCUT2D eigenvalue weighted by molar-refractivity contribution is -0.122. The summed E-state index contributed by atoms with van der Waals surface area (Å²) in [6.07, 6.45) is 4.14. The van der Waals surface area contributed by atoms with E-state index in [1.807, 2.05) is 26.0 Å². The van der Waals surface area contributed by atoms with E-state index in [1.54, 1.807) is 19.1 Å². The number of allylic oxidation sites excluding steroid dienone is 1. The van der Waals surface area contributed by atoms with Crippen LogP contribution in [0.5, 0.6) is 11.5 Å². The number of hydrogen-bond donors (Lipinski definition) is 0. The van der Waals surface area contributed by atoms with Crippen molar-refractivity contribution >= 4 is 29.0 Å². The van der Waals surface area contributed by atoms with Gasteiger partial charge < -0.3 is 9.47 Å². The molecule has 0 atom stereocenters. The molecule has 25 heavy (non-hydrogen) atoms. The molecule has 0 aliphatic carbocycles. The predicted molar refractivity (Wildman–Crippen MR) is 101 cm³/mol. The molecule has 1 aromatic rings. The molecule has 1 aromatic carbocycles. The van der Waals surface area contributed by atoms with Gasteiger partial charge in [-0.3, -0.25) is 14.5 Å². The normalized spacial score (nSPS) is 15.8. The lowest BCUT2D eigenvalue weighted by atomic mass is 10.0. The molecule has 0 unspecified atom stereocenters. The summed E-state index contributed by atoms with van der Waals surface area (Å²) in [7, 11) is 0. The van der Waals surface area contributed by atoms with Gasteiger partial charge in [-0.05, 0) is 62.7 Å². The first-order valence-electron chi connectivity index (χ1n) is 8.34. The molecule has 0 bridgehead atoms. The fourth-order valence-corrected chi connectivity index (χ4v) is 3.47. The number of carbonyl (C=O) groups is 2. The van der Waals surface area contributed by atoms with Crippen LogP contribution in [0, 0.1) is 0 Å². The van der Waals surface area contributed by atoms with Crippen molar-refractivity contribution in [3.05, 3.63) is 40.8 Å². The second kappa shape index (κ2) is 8.76. The fourth-order valence-electron chi connectivity index (χ4n) is 2.57. The van der Waals surface area contributed by atoms with E-state index in [9.17, 15) is 9.59 Å². The summed E-state index contributed by atoms with van der Waals surface area (Å²) in [6, 6.07) is 3.77. The van der Waals surface area contributed by atoms with Gasteiger partial charge >= 0.3 is 0 Å². The van der Waals surface area contributed by atoms with Crippen molar-refractivity contribution in [1.29, 1.82) is 0 Å². The number of thioether (sulfide) groups is 1. The Bertz CT molecular complexity index is 712. The van der Waals surface area contributed by atoms with Crippen molar-refractivity contribution in [1.82, 2.24) is 4.90 Å². The molecule has 1 fully saturated rings. The summed E-state index contributed by atoms with van der Waals surface area (Å²) in [5.74, 6) is 1.07. The minimum absolute atomic E-state index is 0.235. The van der Waals surface area contributed by atoms with Crippen molar-refractivity contribution in [3.63, 3.8) is 0 Å². The third kappa shape index (κ3) is 4.25. The minimum atomic E-state index is -0.255. The highest BCUT2D eigenvalue weighted by Crippen LogP contribution is 2.37. The maximum absolute atomic E-state index is 12.3. The van der Waals surface area contributed by atoms with Crippen LogP contribution in [0.25, 0.3) is 6.08 Å². The molecular formula is C19H23NO4S. The van der Waals surface area contributed by atoms with Crippen LogP contribution in [0.3, 0.4) is 0 Å². The number of likely N-dealkylation sites (N-methyl/N-ethyl adjacent to an activating group) is 1. The number of hydrogen-bond acceptors (Lipinski definition) is 5.